The minimum Gasteiger partial charge on any atom is -0.394 e. The fourth-order valence-corrected chi connectivity index (χ4v) is 3.90. The molecule has 2 aromatic rings. The molecule has 0 bridgehead atoms. The van der Waals surface area contributed by atoms with Crippen molar-refractivity contribution in [1.82, 2.24) is 0 Å². The van der Waals surface area contributed by atoms with Crippen molar-refractivity contribution in [3.63, 3.8) is 0 Å². The van der Waals surface area contributed by atoms with Crippen LogP contribution in [-0.2, 0) is 9.47 Å². The van der Waals surface area contributed by atoms with Crippen LogP contribution in [0.25, 0.3) is 0 Å². The molecule has 37 heavy (non-hydrogen) atoms. The lowest BCUT2D eigenvalue weighted by Crippen LogP contribution is -2.61. The van der Waals surface area contributed by atoms with Gasteiger partial charge in [-0.25, -0.2) is 0 Å². The second-order valence-electron chi connectivity index (χ2n) is 8.76. The number of aliphatic hydroxyl groups is 8. The molecule has 2 aromatic carbocycles. The highest BCUT2D eigenvalue weighted by Crippen LogP contribution is 2.25. The lowest BCUT2D eigenvalue weighted by atomic mass is 9.98. The maximum absolute atomic E-state index is 12.5. The predicted molar refractivity (Wildman–Crippen MR) is 129 cm³/mol. The first-order chi connectivity index (χ1) is 17.7. The number of rotatable bonds is 12. The highest BCUT2D eigenvalue weighted by molar-refractivity contribution is 6.09. The average molecular weight is 524 g/mol. The lowest BCUT2D eigenvalue weighted by molar-refractivity contribution is -0.326. The van der Waals surface area contributed by atoms with Crippen molar-refractivity contribution in [3.8, 4) is 0 Å². The molecule has 1 aliphatic rings. The number of benzene rings is 2. The molecule has 9 atom stereocenters. The van der Waals surface area contributed by atoms with Crippen molar-refractivity contribution in [1.29, 1.82) is 0 Å². The molecule has 0 amide bonds. The summed E-state index contributed by atoms with van der Waals surface area (Å²) >= 11 is 0. The summed E-state index contributed by atoms with van der Waals surface area (Å²) in [6.45, 7) is -1.83. The molecule has 1 fully saturated rings. The lowest BCUT2D eigenvalue weighted by Gasteiger charge is -2.42. The fourth-order valence-electron chi connectivity index (χ4n) is 3.90. The Morgan fingerprint density at radius 1 is 0.865 bits per heavy atom. The van der Waals surface area contributed by atoms with Gasteiger partial charge < -0.3 is 55.6 Å². The summed E-state index contributed by atoms with van der Waals surface area (Å²) < 4.78 is 10.6. The zero-order chi connectivity index (χ0) is 27.1. The van der Waals surface area contributed by atoms with Crippen LogP contribution in [-0.4, -0.2) is 122 Å². The van der Waals surface area contributed by atoms with Gasteiger partial charge in [-0.2, -0.15) is 0 Å². The van der Waals surface area contributed by atoms with Crippen LogP contribution >= 0.6 is 0 Å². The van der Waals surface area contributed by atoms with Gasteiger partial charge in [-0.3, -0.25) is 4.79 Å². The number of carbonyl (C=O) groups is 1. The summed E-state index contributed by atoms with van der Waals surface area (Å²) in [5.41, 5.74) is 1.51. The van der Waals surface area contributed by atoms with Crippen LogP contribution in [0, 0.1) is 0 Å². The fraction of sp³-hybridized carbons (Fsp3) is 0.480. The molecule has 1 aliphatic heterocycles. The molecule has 0 radical (unpaired) electrons. The molecule has 0 aliphatic carbocycles. The summed E-state index contributed by atoms with van der Waals surface area (Å²) in [6, 6.07) is 15.2. The van der Waals surface area contributed by atoms with E-state index < -0.39 is 68.3 Å². The summed E-state index contributed by atoms with van der Waals surface area (Å²) in [7, 11) is 0. The van der Waals surface area contributed by atoms with E-state index in [-0.39, 0.29) is 12.3 Å². The Morgan fingerprint density at radius 2 is 1.49 bits per heavy atom. The molecule has 12 heteroatoms. The van der Waals surface area contributed by atoms with Crippen molar-refractivity contribution in [2.24, 2.45) is 0 Å². The normalized spacial score (nSPS) is 27.2. The molecule has 1 saturated heterocycles. The van der Waals surface area contributed by atoms with E-state index in [0.717, 1.165) is 0 Å². The van der Waals surface area contributed by atoms with Gasteiger partial charge in [0.05, 0.1) is 19.3 Å². The summed E-state index contributed by atoms with van der Waals surface area (Å²) in [6.07, 6.45) is -15.0. The maximum Gasteiger partial charge on any atom is 0.193 e. The molecule has 0 aromatic heterocycles. The van der Waals surface area contributed by atoms with Crippen LogP contribution in [0.3, 0.4) is 0 Å². The number of hydrogen-bond donors (Lipinski definition) is 9. The highest BCUT2D eigenvalue weighted by atomic mass is 16.7. The van der Waals surface area contributed by atoms with Crippen molar-refractivity contribution in [3.05, 3.63) is 65.7 Å². The predicted octanol–water partition coefficient (Wildman–Crippen LogP) is -2.41. The van der Waals surface area contributed by atoms with Gasteiger partial charge in [0.2, 0.25) is 0 Å². The number of ketones is 1. The van der Waals surface area contributed by atoms with Gasteiger partial charge in [0, 0.05) is 23.4 Å². The zero-order valence-corrected chi connectivity index (χ0v) is 19.8. The third kappa shape index (κ3) is 7.09. The monoisotopic (exact) mass is 523 g/mol. The molecule has 12 nitrogen and oxygen atoms in total. The minimum atomic E-state index is -1.81. The molecule has 3 rings (SSSR count). The first-order valence-electron chi connectivity index (χ1n) is 11.7. The molecule has 0 saturated carbocycles. The second kappa shape index (κ2) is 13.3. The minimum absolute atomic E-state index is 0.159. The number of nitrogens with one attached hydrogen (secondary N) is 1. The van der Waals surface area contributed by atoms with Gasteiger partial charge in [-0.05, 0) is 24.3 Å². The third-order valence-corrected chi connectivity index (χ3v) is 6.14. The number of aliphatic hydroxyl groups excluding tert-OH is 8. The Hall–Kier alpha value is -2.49. The summed E-state index contributed by atoms with van der Waals surface area (Å²) in [4.78, 5) is 12.5. The Morgan fingerprint density at radius 3 is 2.08 bits per heavy atom. The van der Waals surface area contributed by atoms with Gasteiger partial charge >= 0.3 is 0 Å². The van der Waals surface area contributed by atoms with Gasteiger partial charge in [0.25, 0.3) is 0 Å². The number of ether oxygens (including phenoxy) is 2. The van der Waals surface area contributed by atoms with Crippen LogP contribution < -0.4 is 5.32 Å². The Labute approximate surface area is 213 Å². The van der Waals surface area contributed by atoms with Crippen molar-refractivity contribution < 1.29 is 55.1 Å². The molecule has 1 heterocycles. The van der Waals surface area contributed by atoms with E-state index in [9.17, 15) is 45.6 Å². The quantitative estimate of drug-likeness (QED) is 0.133. The first kappa shape index (κ1) is 29.1. The topological polar surface area (TPSA) is 209 Å². The van der Waals surface area contributed by atoms with E-state index in [1.807, 2.05) is 6.07 Å². The van der Waals surface area contributed by atoms with Gasteiger partial charge in [-0.15, -0.1) is 0 Å². The summed E-state index contributed by atoms with van der Waals surface area (Å²) in [5.74, 6) is -0.159. The molecule has 0 unspecified atom stereocenters. The molecule has 204 valence electrons. The first-order valence-corrected chi connectivity index (χ1v) is 11.7. The maximum atomic E-state index is 12.5. The van der Waals surface area contributed by atoms with Gasteiger partial charge in [-0.1, -0.05) is 30.3 Å². The molecular weight excluding hydrogens is 490 g/mol. The number of anilines is 1. The van der Waals surface area contributed by atoms with Crippen molar-refractivity contribution >= 4 is 11.5 Å². The zero-order valence-electron chi connectivity index (χ0n) is 19.8. The Kier molecular flexibility index (Phi) is 10.5. The SMILES string of the molecule is O=C(c1ccccc1)c1ccc(NC[C@H](O)[C@@H](O)[C@H](O[C@@H]2O[C@H](CO)[C@H](O)[C@H](O)[C@H]2O)[C@H](O)CO)cc1. The third-order valence-electron chi connectivity index (χ3n) is 6.14. The van der Waals surface area contributed by atoms with E-state index in [0.29, 0.717) is 16.8 Å². The largest absolute Gasteiger partial charge is 0.394 e. The van der Waals surface area contributed by atoms with Gasteiger partial charge in [0.15, 0.2) is 12.1 Å². The summed E-state index contributed by atoms with van der Waals surface area (Å²) in [5, 5.41) is 82.8. The smallest absolute Gasteiger partial charge is 0.193 e. The Balaban J connectivity index is 1.61. The van der Waals surface area contributed by atoms with Crippen molar-refractivity contribution in [2.75, 3.05) is 25.1 Å². The van der Waals surface area contributed by atoms with Crippen LogP contribution in [0.4, 0.5) is 5.69 Å². The second-order valence-corrected chi connectivity index (χ2v) is 8.76. The van der Waals surface area contributed by atoms with Crippen LogP contribution in [0.2, 0.25) is 0 Å². The molecule has 0 spiro atoms. The van der Waals surface area contributed by atoms with Crippen LogP contribution in [0.5, 0.6) is 0 Å². The van der Waals surface area contributed by atoms with Crippen LogP contribution in [0.1, 0.15) is 15.9 Å². The van der Waals surface area contributed by atoms with E-state index in [2.05, 4.69) is 5.32 Å². The average Bonchev–Trinajstić information content (AvgIpc) is 2.94. The molecular formula is C25H33NO11. The number of hydrogen-bond acceptors (Lipinski definition) is 12. The van der Waals surface area contributed by atoms with E-state index in [1.165, 1.54) is 0 Å². The number of carbonyl (C=O) groups excluding carboxylic acids is 1. The Bertz CT molecular complexity index is 974. The molecule has 9 N–H and O–H groups in total. The van der Waals surface area contributed by atoms with Crippen molar-refractivity contribution in [2.45, 2.75) is 55.1 Å². The van der Waals surface area contributed by atoms with Crippen LogP contribution in [0.15, 0.2) is 54.6 Å². The standard InChI is InChI=1S/C25H33NO11/c27-11-17(30)24(37-25-23(35)22(34)21(33)18(12-28)36-25)20(32)16(29)10-26-15-8-6-14(7-9-15)19(31)13-4-2-1-3-5-13/h1-9,16-18,20-30,32-35H,10-12H2/t16-,17+,18+,20+,21-,22-,23+,24+,25-/m0/s1. The highest BCUT2D eigenvalue weighted by Gasteiger charge is 2.46. The van der Waals surface area contributed by atoms with E-state index >= 15 is 0 Å². The van der Waals surface area contributed by atoms with E-state index in [1.54, 1.807) is 48.5 Å². The van der Waals surface area contributed by atoms with E-state index in [4.69, 9.17) is 9.47 Å². The van der Waals surface area contributed by atoms with Gasteiger partial charge in [0.1, 0.15) is 42.7 Å².